The van der Waals surface area contributed by atoms with Crippen molar-refractivity contribution in [1.29, 1.82) is 0 Å². The topological polar surface area (TPSA) is 45.5 Å². The molecule has 6 aromatic heterocycles. The number of para-hydroxylation sites is 8. The summed E-state index contributed by atoms with van der Waals surface area (Å²) in [6.07, 6.45) is 0. The van der Waals surface area contributed by atoms with Crippen LogP contribution in [0, 0.1) is 0 Å². The van der Waals surface area contributed by atoms with Crippen LogP contribution < -0.4 is 0 Å². The number of fused-ring (bicyclic) bond motifs is 12. The van der Waals surface area contributed by atoms with E-state index in [9.17, 15) is 0 Å². The second kappa shape index (κ2) is 28.1. The molecule has 0 unspecified atom stereocenters. The molecule has 0 saturated heterocycles. The third kappa shape index (κ3) is 11.7. The lowest BCUT2D eigenvalue weighted by Gasteiger charge is -2.15. The fourth-order valence-electron chi connectivity index (χ4n) is 18.2. The van der Waals surface area contributed by atoms with Crippen LogP contribution >= 0.6 is 0 Å². The molecule has 0 aliphatic carbocycles. The lowest BCUT2D eigenvalue weighted by atomic mass is 9.91. The lowest BCUT2D eigenvalue weighted by Crippen LogP contribution is -1.96. The van der Waals surface area contributed by atoms with Gasteiger partial charge in [0.15, 0.2) is 0 Å². The summed E-state index contributed by atoms with van der Waals surface area (Å²) < 4.78 is 9.49. The normalized spacial score (nSPS) is 11.7. The van der Waals surface area contributed by atoms with Crippen LogP contribution in [0.4, 0.5) is 0 Å². The van der Waals surface area contributed by atoms with Gasteiger partial charge in [0.1, 0.15) is 0 Å². The molecule has 0 saturated carbocycles. The van der Waals surface area contributed by atoms with E-state index in [2.05, 4.69) is 455 Å². The molecular weight excluding hydrogens is 1430 g/mol. The van der Waals surface area contributed by atoms with Crippen LogP contribution in [0.15, 0.2) is 437 Å². The summed E-state index contributed by atoms with van der Waals surface area (Å²) in [5, 5.41) is 9.90. The van der Waals surface area contributed by atoms with E-state index >= 15 is 0 Å². The number of benzene rings is 17. The fraction of sp³-hybridized carbons (Fsp3) is 0. The summed E-state index contributed by atoms with van der Waals surface area (Å²) in [6, 6.07) is 159. The predicted molar refractivity (Wildman–Crippen MR) is 494 cm³/mol. The number of pyridine rings is 2. The molecule has 0 spiro atoms. The predicted octanol–water partition coefficient (Wildman–Crippen LogP) is 29.5. The number of hydrogen-bond acceptors (Lipinski definition) is 2. The van der Waals surface area contributed by atoms with E-state index in [1.807, 2.05) is 0 Å². The molecule has 0 aliphatic rings. The average molecular weight is 1500 g/mol. The molecule has 0 atom stereocenters. The van der Waals surface area contributed by atoms with Gasteiger partial charge in [0.2, 0.25) is 0 Å². The molecule has 0 amide bonds. The average Bonchev–Trinajstić information content (AvgIpc) is 1.61. The van der Waals surface area contributed by atoms with Crippen LogP contribution in [-0.4, -0.2) is 28.2 Å². The Hall–Kier alpha value is -15.8. The van der Waals surface area contributed by atoms with Gasteiger partial charge in [-0.15, -0.1) is 0 Å². The van der Waals surface area contributed by atoms with Gasteiger partial charge in [-0.05, 0) is 206 Å². The molecule has 23 aromatic rings. The maximum absolute atomic E-state index is 5.53. The van der Waals surface area contributed by atoms with Gasteiger partial charge in [0.05, 0.1) is 66.9 Å². The van der Waals surface area contributed by atoms with Gasteiger partial charge in [-0.2, -0.15) is 0 Å². The molecule has 118 heavy (non-hydrogen) atoms. The Morgan fingerprint density at radius 1 is 0.119 bits per heavy atom. The van der Waals surface area contributed by atoms with E-state index in [0.29, 0.717) is 0 Å². The highest BCUT2D eigenvalue weighted by Gasteiger charge is 2.21. The Morgan fingerprint density at radius 3 is 0.475 bits per heavy atom. The first-order valence-corrected chi connectivity index (χ1v) is 40.4. The SMILES string of the molecule is c1ccc(-c2ccc(-c3cc(-c4ccc(-c5cc(-c6ccc(-n7c8ccccc8c8ccccc87)cc6)nc(-c6ccc(-n7c8ccccc8c8ccccc87)cc6)c5)cc4)cc(-c4ccc(-c5cc(-c6ccc(-n7c8ccccc8c8ccccc87)cc6)nc(-c6ccc(-n7c8ccccc8c8ccccc87)cc6)c5)cc4)c3)cc2)cc1. The molecular formula is C112H72N6. The summed E-state index contributed by atoms with van der Waals surface area (Å²) in [5.74, 6) is 0. The van der Waals surface area contributed by atoms with Crippen molar-refractivity contribution in [3.05, 3.63) is 437 Å². The molecule has 23 rings (SSSR count). The molecule has 0 N–H and O–H groups in total. The number of aromatic nitrogens is 6. The van der Waals surface area contributed by atoms with E-state index in [4.69, 9.17) is 9.97 Å². The molecule has 0 radical (unpaired) electrons. The summed E-state index contributed by atoms with van der Waals surface area (Å²) in [7, 11) is 0. The molecule has 6 heteroatoms. The summed E-state index contributed by atoms with van der Waals surface area (Å²) in [5.41, 5.74) is 35.0. The quantitative estimate of drug-likeness (QED) is 0.109. The van der Waals surface area contributed by atoms with E-state index in [1.54, 1.807) is 0 Å². The zero-order valence-corrected chi connectivity index (χ0v) is 64.3. The van der Waals surface area contributed by atoms with Crippen LogP contribution in [0.5, 0.6) is 0 Å². The van der Waals surface area contributed by atoms with Crippen molar-refractivity contribution in [3.63, 3.8) is 0 Å². The molecule has 550 valence electrons. The molecule has 0 bridgehead atoms. The smallest absolute Gasteiger partial charge is 0.0715 e. The maximum Gasteiger partial charge on any atom is 0.0715 e. The Bertz CT molecular complexity index is 6850. The first kappa shape index (κ1) is 67.9. The van der Waals surface area contributed by atoms with Crippen molar-refractivity contribution in [2.24, 2.45) is 0 Å². The highest BCUT2D eigenvalue weighted by molar-refractivity contribution is 6.12. The van der Waals surface area contributed by atoms with Crippen molar-refractivity contribution < 1.29 is 0 Å². The minimum atomic E-state index is 0.895. The monoisotopic (exact) mass is 1500 g/mol. The first-order chi connectivity index (χ1) is 58.5. The Kier molecular flexibility index (Phi) is 16.2. The van der Waals surface area contributed by atoms with Crippen molar-refractivity contribution in [2.45, 2.75) is 0 Å². The van der Waals surface area contributed by atoms with Gasteiger partial charge < -0.3 is 18.3 Å². The summed E-state index contributed by atoms with van der Waals surface area (Å²) >= 11 is 0. The Labute approximate surface area is 682 Å². The van der Waals surface area contributed by atoms with Crippen molar-refractivity contribution >= 4 is 87.2 Å². The third-order valence-corrected chi connectivity index (χ3v) is 24.0. The van der Waals surface area contributed by atoms with E-state index in [1.165, 1.54) is 98.4 Å². The lowest BCUT2D eigenvalue weighted by molar-refractivity contribution is 1.18. The molecule has 0 aliphatic heterocycles. The highest BCUT2D eigenvalue weighted by atomic mass is 15.0. The minimum Gasteiger partial charge on any atom is -0.309 e. The maximum atomic E-state index is 5.53. The molecule has 6 heterocycles. The van der Waals surface area contributed by atoms with Crippen LogP contribution in [0.2, 0.25) is 0 Å². The van der Waals surface area contributed by atoms with Gasteiger partial charge in [-0.25, -0.2) is 9.97 Å². The fourth-order valence-corrected chi connectivity index (χ4v) is 18.2. The second-order valence-electron chi connectivity index (χ2n) is 30.8. The Morgan fingerprint density at radius 2 is 0.271 bits per heavy atom. The molecule has 17 aromatic carbocycles. The van der Waals surface area contributed by atoms with Crippen molar-refractivity contribution in [3.8, 4) is 135 Å². The van der Waals surface area contributed by atoms with Gasteiger partial charge in [-0.3, -0.25) is 0 Å². The van der Waals surface area contributed by atoms with Crippen LogP contribution in [0.3, 0.4) is 0 Å². The van der Waals surface area contributed by atoms with Gasteiger partial charge in [-0.1, -0.05) is 297 Å². The minimum absolute atomic E-state index is 0.895. The van der Waals surface area contributed by atoms with Gasteiger partial charge in [0.25, 0.3) is 0 Å². The van der Waals surface area contributed by atoms with Crippen molar-refractivity contribution in [2.75, 3.05) is 0 Å². The molecule has 0 fully saturated rings. The van der Waals surface area contributed by atoms with Crippen LogP contribution in [-0.2, 0) is 0 Å². The van der Waals surface area contributed by atoms with E-state index < -0.39 is 0 Å². The zero-order chi connectivity index (χ0) is 77.7. The molecule has 6 nitrogen and oxygen atoms in total. The van der Waals surface area contributed by atoms with Gasteiger partial charge in [0, 0.05) is 88.1 Å². The standard InChI is InChI=1S/C112H72N6/c1-2-20-73(21-3-1)74-38-40-75(41-39-74)84-66-85(76-42-46-78(47-43-76)87-69-101(80-50-58-89(59-51-80)115-105-30-12-4-22-93(105)94-23-5-13-31-106(94)115)113-102(70-87)81-52-60-90(61-53-81)116-107-32-14-6-24-95(107)96-25-7-15-33-108(96)116)68-86(67-84)77-44-48-79(49-45-77)88-71-103(82-54-62-91(63-55-82)117-109-34-16-8-26-97(109)98-27-9-17-35-110(98)117)114-104(72-88)83-56-64-92(65-57-83)118-111-36-18-10-28-99(111)100-29-11-19-37-112(100)118/h1-72H. The van der Waals surface area contributed by atoms with Crippen LogP contribution in [0.25, 0.3) is 222 Å². The first-order valence-electron chi connectivity index (χ1n) is 40.4. The second-order valence-corrected chi connectivity index (χ2v) is 30.8. The van der Waals surface area contributed by atoms with Crippen molar-refractivity contribution in [1.82, 2.24) is 28.2 Å². The third-order valence-electron chi connectivity index (χ3n) is 24.0. The zero-order valence-electron chi connectivity index (χ0n) is 64.3. The van der Waals surface area contributed by atoms with Gasteiger partial charge >= 0.3 is 0 Å². The largest absolute Gasteiger partial charge is 0.309 e. The summed E-state index contributed by atoms with van der Waals surface area (Å²) in [6.45, 7) is 0. The Balaban J connectivity index is 0.615. The summed E-state index contributed by atoms with van der Waals surface area (Å²) in [4.78, 5) is 11.1. The number of nitrogens with zero attached hydrogens (tertiary/aromatic N) is 6. The highest BCUT2D eigenvalue weighted by Crippen LogP contribution is 2.43. The van der Waals surface area contributed by atoms with Crippen LogP contribution in [0.1, 0.15) is 0 Å². The number of hydrogen-bond donors (Lipinski definition) is 0. The van der Waals surface area contributed by atoms with E-state index in [0.717, 1.165) is 123 Å². The van der Waals surface area contributed by atoms with E-state index in [-0.39, 0.29) is 0 Å². The number of rotatable bonds is 14.